The molecule has 0 radical (unpaired) electrons. The topological polar surface area (TPSA) is 69.2 Å². The van der Waals surface area contributed by atoms with Crippen molar-refractivity contribution in [3.63, 3.8) is 0 Å². The highest BCUT2D eigenvalue weighted by molar-refractivity contribution is 5.66. The number of hydrogen-bond donors (Lipinski definition) is 1. The van der Waals surface area contributed by atoms with E-state index in [9.17, 15) is 0 Å². The van der Waals surface area contributed by atoms with E-state index in [0.717, 1.165) is 31.9 Å². The van der Waals surface area contributed by atoms with E-state index in [4.69, 9.17) is 11.0 Å². The van der Waals surface area contributed by atoms with Gasteiger partial charge >= 0.3 is 0 Å². The average Bonchev–Trinajstić information content (AvgIpc) is 2.39. The third-order valence-corrected chi connectivity index (χ3v) is 3.22. The van der Waals surface area contributed by atoms with Crippen LogP contribution in [0.5, 0.6) is 0 Å². The first-order valence-electron chi connectivity index (χ1n) is 5.80. The molecular weight excluding hydrogens is 214 g/mol. The monoisotopic (exact) mass is 231 g/mol. The van der Waals surface area contributed by atoms with E-state index < -0.39 is 0 Å². The lowest BCUT2D eigenvalue weighted by Gasteiger charge is -2.37. The molecule has 5 nitrogen and oxygen atoms in total. The zero-order chi connectivity index (χ0) is 12.3. The van der Waals surface area contributed by atoms with E-state index >= 15 is 0 Å². The lowest BCUT2D eigenvalue weighted by Crippen LogP contribution is -2.49. The quantitative estimate of drug-likeness (QED) is 0.811. The zero-order valence-corrected chi connectivity index (χ0v) is 10.0. The van der Waals surface area contributed by atoms with Crippen molar-refractivity contribution in [1.29, 1.82) is 5.26 Å². The van der Waals surface area contributed by atoms with Gasteiger partial charge in [-0.1, -0.05) is 0 Å². The molecule has 1 aromatic rings. The second-order valence-corrected chi connectivity index (χ2v) is 4.26. The molecule has 90 valence electrons. The third kappa shape index (κ3) is 2.48. The van der Waals surface area contributed by atoms with Crippen LogP contribution in [0.3, 0.4) is 0 Å². The molecule has 1 fully saturated rings. The van der Waals surface area contributed by atoms with E-state index in [1.165, 1.54) is 0 Å². The van der Waals surface area contributed by atoms with Gasteiger partial charge in [0.25, 0.3) is 0 Å². The molecule has 1 atom stereocenters. The maximum Gasteiger partial charge on any atom is 0.0950 e. The second-order valence-electron chi connectivity index (χ2n) is 4.26. The largest absolute Gasteiger partial charge is 0.396 e. The number of pyridine rings is 1. The Bertz CT molecular complexity index is 417. The van der Waals surface area contributed by atoms with Gasteiger partial charge in [0.1, 0.15) is 0 Å². The maximum absolute atomic E-state index is 8.88. The van der Waals surface area contributed by atoms with Crippen molar-refractivity contribution < 1.29 is 0 Å². The Balaban J connectivity index is 2.01. The smallest absolute Gasteiger partial charge is 0.0950 e. The van der Waals surface area contributed by atoms with Gasteiger partial charge in [-0.2, -0.15) is 5.26 Å². The Labute approximate surface area is 101 Å². The summed E-state index contributed by atoms with van der Waals surface area (Å²) >= 11 is 0. The summed E-state index contributed by atoms with van der Waals surface area (Å²) in [6, 6.07) is 4.21. The van der Waals surface area contributed by atoms with Crippen molar-refractivity contribution in [3.05, 3.63) is 18.5 Å². The van der Waals surface area contributed by atoms with Crippen molar-refractivity contribution in [2.24, 2.45) is 0 Å². The van der Waals surface area contributed by atoms with Crippen LogP contribution in [0.4, 0.5) is 11.4 Å². The van der Waals surface area contributed by atoms with Gasteiger partial charge in [-0.15, -0.1) is 0 Å². The molecule has 0 aromatic carbocycles. The summed E-state index contributed by atoms with van der Waals surface area (Å²) < 4.78 is 0. The highest BCUT2D eigenvalue weighted by Gasteiger charge is 2.21. The van der Waals surface area contributed by atoms with E-state index in [0.29, 0.717) is 5.69 Å². The molecular formula is C12H17N5. The standard InChI is InChI=1S/C12H17N5/c1-10(8-13)16-4-6-17(7-5-16)12-2-3-15-9-11(12)14/h2-3,9-10H,4-7,14H2,1H3. The first kappa shape index (κ1) is 11.7. The number of anilines is 2. The lowest BCUT2D eigenvalue weighted by atomic mass is 10.2. The van der Waals surface area contributed by atoms with Crippen LogP contribution in [-0.2, 0) is 0 Å². The van der Waals surface area contributed by atoms with Crippen LogP contribution in [0.2, 0.25) is 0 Å². The molecule has 1 unspecified atom stereocenters. The van der Waals surface area contributed by atoms with Gasteiger partial charge in [-0.05, 0) is 13.0 Å². The fraction of sp³-hybridized carbons (Fsp3) is 0.500. The van der Waals surface area contributed by atoms with Gasteiger partial charge in [0, 0.05) is 32.4 Å². The predicted octanol–water partition coefficient (Wildman–Crippen LogP) is 0.698. The van der Waals surface area contributed by atoms with E-state index in [1.807, 2.05) is 13.0 Å². The molecule has 2 N–H and O–H groups in total. The van der Waals surface area contributed by atoms with Crippen LogP contribution in [0.1, 0.15) is 6.92 Å². The molecule has 2 rings (SSSR count). The van der Waals surface area contributed by atoms with Gasteiger partial charge in [-0.25, -0.2) is 0 Å². The summed E-state index contributed by atoms with van der Waals surface area (Å²) in [7, 11) is 0. The molecule has 1 aromatic heterocycles. The molecule has 2 heterocycles. The van der Waals surface area contributed by atoms with Gasteiger partial charge < -0.3 is 10.6 Å². The molecule has 0 aliphatic carbocycles. The maximum atomic E-state index is 8.88. The van der Waals surface area contributed by atoms with E-state index in [1.54, 1.807) is 12.4 Å². The molecule has 0 bridgehead atoms. The molecule has 1 saturated heterocycles. The number of nitrogen functional groups attached to an aromatic ring is 1. The van der Waals surface area contributed by atoms with Gasteiger partial charge in [0.2, 0.25) is 0 Å². The third-order valence-electron chi connectivity index (χ3n) is 3.22. The van der Waals surface area contributed by atoms with Crippen molar-refractivity contribution >= 4 is 11.4 Å². The Kier molecular flexibility index (Phi) is 3.45. The van der Waals surface area contributed by atoms with Gasteiger partial charge in [0.15, 0.2) is 0 Å². The lowest BCUT2D eigenvalue weighted by molar-refractivity contribution is 0.232. The van der Waals surface area contributed by atoms with Crippen molar-refractivity contribution in [2.75, 3.05) is 36.8 Å². The first-order chi connectivity index (χ1) is 8.22. The average molecular weight is 231 g/mol. The fourth-order valence-electron chi connectivity index (χ4n) is 2.12. The van der Waals surface area contributed by atoms with Crippen LogP contribution in [0, 0.1) is 11.3 Å². The number of piperazine rings is 1. The first-order valence-corrected chi connectivity index (χ1v) is 5.80. The second kappa shape index (κ2) is 5.02. The van der Waals surface area contributed by atoms with Crippen molar-refractivity contribution in [1.82, 2.24) is 9.88 Å². The number of rotatable bonds is 2. The minimum absolute atomic E-state index is 0.00747. The molecule has 1 aliphatic heterocycles. The van der Waals surface area contributed by atoms with Crippen LogP contribution in [-0.4, -0.2) is 42.1 Å². The van der Waals surface area contributed by atoms with Crippen LogP contribution in [0.25, 0.3) is 0 Å². The summed E-state index contributed by atoms with van der Waals surface area (Å²) in [5.74, 6) is 0. The van der Waals surface area contributed by atoms with Crippen LogP contribution < -0.4 is 10.6 Å². The summed E-state index contributed by atoms with van der Waals surface area (Å²) in [5.41, 5.74) is 7.66. The molecule has 0 spiro atoms. The SMILES string of the molecule is CC(C#N)N1CCN(c2ccncc2N)CC1. The Morgan fingerprint density at radius 1 is 1.41 bits per heavy atom. The number of nitriles is 1. The number of aromatic nitrogens is 1. The minimum atomic E-state index is -0.00747. The van der Waals surface area contributed by atoms with Crippen molar-refractivity contribution in [2.45, 2.75) is 13.0 Å². The van der Waals surface area contributed by atoms with Gasteiger partial charge in [0.05, 0.1) is 29.7 Å². The molecule has 0 saturated carbocycles. The molecule has 1 aliphatic rings. The molecule has 0 amide bonds. The number of nitrogens with two attached hydrogens (primary N) is 1. The highest BCUT2D eigenvalue weighted by Crippen LogP contribution is 2.22. The fourth-order valence-corrected chi connectivity index (χ4v) is 2.12. The normalized spacial score (nSPS) is 18.7. The number of hydrogen-bond acceptors (Lipinski definition) is 5. The predicted molar refractivity (Wildman–Crippen MR) is 67.5 cm³/mol. The van der Waals surface area contributed by atoms with Crippen LogP contribution >= 0.6 is 0 Å². The summed E-state index contributed by atoms with van der Waals surface area (Å²) in [6.45, 7) is 5.55. The molecule has 17 heavy (non-hydrogen) atoms. The molecule has 5 heteroatoms. The summed E-state index contributed by atoms with van der Waals surface area (Å²) in [4.78, 5) is 8.43. The highest BCUT2D eigenvalue weighted by atomic mass is 15.3. The van der Waals surface area contributed by atoms with Crippen LogP contribution in [0.15, 0.2) is 18.5 Å². The summed E-state index contributed by atoms with van der Waals surface area (Å²) in [6.07, 6.45) is 3.44. The Morgan fingerprint density at radius 3 is 2.71 bits per heavy atom. The zero-order valence-electron chi connectivity index (χ0n) is 10.0. The van der Waals surface area contributed by atoms with Gasteiger partial charge in [-0.3, -0.25) is 9.88 Å². The minimum Gasteiger partial charge on any atom is -0.396 e. The summed E-state index contributed by atoms with van der Waals surface area (Å²) in [5, 5.41) is 8.88. The van der Waals surface area contributed by atoms with E-state index in [-0.39, 0.29) is 6.04 Å². The van der Waals surface area contributed by atoms with Crippen molar-refractivity contribution in [3.8, 4) is 6.07 Å². The Hall–Kier alpha value is -1.80. The number of nitrogens with zero attached hydrogens (tertiary/aromatic N) is 4. The van der Waals surface area contributed by atoms with E-state index in [2.05, 4.69) is 20.9 Å². The Morgan fingerprint density at radius 2 is 2.12 bits per heavy atom.